The van der Waals surface area contributed by atoms with Crippen LogP contribution in [0.25, 0.3) is 0 Å². The lowest BCUT2D eigenvalue weighted by atomic mass is 9.67. The monoisotopic (exact) mass is 497 g/mol. The zero-order valence-corrected chi connectivity index (χ0v) is 21.7. The van der Waals surface area contributed by atoms with E-state index in [1.165, 1.54) is 22.5 Å². The smallest absolute Gasteiger partial charge is 0.243 e. The standard InChI is InChI=1S/C27H35N3O4S/c1-6-23(31)29-25-26(2,3)18-30(19-27(25,4)5)35(33,34)22-15-13-21(14-16-22)28-24(32)17-12-20-10-8-7-9-11-20/h6-11,13-16,25H,1,12,17-19H2,2-5H3,(H,28,32)(H,29,31). The van der Waals surface area contributed by atoms with Crippen molar-refractivity contribution in [2.75, 3.05) is 18.4 Å². The SMILES string of the molecule is C=CC(=O)NC1C(C)(C)CN(S(=O)(=O)c2ccc(NC(=O)CCc3ccccc3)cc2)CC1(C)C. The number of sulfonamides is 1. The van der Waals surface area contributed by atoms with E-state index in [0.29, 0.717) is 18.5 Å². The van der Waals surface area contributed by atoms with Crippen LogP contribution in [0.4, 0.5) is 5.69 Å². The highest BCUT2D eigenvalue weighted by Crippen LogP contribution is 2.42. The molecule has 0 spiro atoms. The summed E-state index contributed by atoms with van der Waals surface area (Å²) < 4.78 is 28.4. The maximum atomic E-state index is 13.5. The molecule has 1 fully saturated rings. The Balaban J connectivity index is 1.69. The molecule has 0 aliphatic carbocycles. The fourth-order valence-corrected chi connectivity index (χ4v) is 6.74. The van der Waals surface area contributed by atoms with E-state index in [1.54, 1.807) is 12.1 Å². The second-order valence-corrected chi connectivity index (χ2v) is 12.4. The van der Waals surface area contributed by atoms with Crippen LogP contribution in [0.15, 0.2) is 72.1 Å². The van der Waals surface area contributed by atoms with Crippen LogP contribution >= 0.6 is 0 Å². The predicted molar refractivity (Wildman–Crippen MR) is 138 cm³/mol. The van der Waals surface area contributed by atoms with Crippen molar-refractivity contribution in [2.45, 2.75) is 51.5 Å². The second kappa shape index (κ2) is 10.3. The molecule has 8 heteroatoms. The first-order valence-corrected chi connectivity index (χ1v) is 13.2. The molecule has 1 aliphatic rings. The van der Waals surface area contributed by atoms with Gasteiger partial charge in [0.25, 0.3) is 0 Å². The normalized spacial score (nSPS) is 17.9. The van der Waals surface area contributed by atoms with Gasteiger partial charge in [0.1, 0.15) is 0 Å². The summed E-state index contributed by atoms with van der Waals surface area (Å²) in [6.45, 7) is 11.9. The largest absolute Gasteiger partial charge is 0.349 e. The molecule has 188 valence electrons. The van der Waals surface area contributed by atoms with Crippen molar-refractivity contribution in [3.05, 3.63) is 72.8 Å². The van der Waals surface area contributed by atoms with Crippen LogP contribution in [0.5, 0.6) is 0 Å². The van der Waals surface area contributed by atoms with Gasteiger partial charge in [-0.3, -0.25) is 9.59 Å². The van der Waals surface area contributed by atoms with Gasteiger partial charge in [0.05, 0.1) is 4.90 Å². The Morgan fingerprint density at radius 1 is 1.00 bits per heavy atom. The number of anilines is 1. The van der Waals surface area contributed by atoms with Gasteiger partial charge >= 0.3 is 0 Å². The van der Waals surface area contributed by atoms with E-state index in [0.717, 1.165) is 5.56 Å². The highest BCUT2D eigenvalue weighted by molar-refractivity contribution is 7.89. The number of amides is 2. The Hall–Kier alpha value is -2.97. The Labute approximate surface area is 208 Å². The lowest BCUT2D eigenvalue weighted by Crippen LogP contribution is -2.64. The molecule has 35 heavy (non-hydrogen) atoms. The number of carbonyl (C=O) groups excluding carboxylic acids is 2. The first-order chi connectivity index (χ1) is 16.3. The third kappa shape index (κ3) is 6.38. The maximum absolute atomic E-state index is 13.5. The van der Waals surface area contributed by atoms with Gasteiger partial charge in [-0.1, -0.05) is 64.6 Å². The lowest BCUT2D eigenvalue weighted by molar-refractivity contribution is -0.120. The number of aryl methyl sites for hydroxylation is 1. The molecule has 0 aromatic heterocycles. The summed E-state index contributed by atoms with van der Waals surface area (Å²) in [7, 11) is -3.77. The van der Waals surface area contributed by atoms with E-state index in [4.69, 9.17) is 0 Å². The minimum Gasteiger partial charge on any atom is -0.349 e. The summed E-state index contributed by atoms with van der Waals surface area (Å²) in [6.07, 6.45) is 2.21. The number of benzene rings is 2. The first kappa shape index (κ1) is 26.6. The number of hydrogen-bond donors (Lipinski definition) is 2. The highest BCUT2D eigenvalue weighted by atomic mass is 32.2. The molecule has 3 rings (SSSR count). The Bertz CT molecular complexity index is 1150. The van der Waals surface area contributed by atoms with Gasteiger partial charge < -0.3 is 10.6 Å². The summed E-state index contributed by atoms with van der Waals surface area (Å²) in [5.74, 6) is -0.398. The molecule has 1 heterocycles. The summed E-state index contributed by atoms with van der Waals surface area (Å²) in [5, 5.41) is 5.82. The van der Waals surface area contributed by atoms with E-state index >= 15 is 0 Å². The van der Waals surface area contributed by atoms with Crippen molar-refractivity contribution in [3.8, 4) is 0 Å². The number of rotatable bonds is 8. The van der Waals surface area contributed by atoms with E-state index < -0.39 is 20.9 Å². The van der Waals surface area contributed by atoms with Gasteiger partial charge in [-0.25, -0.2) is 8.42 Å². The van der Waals surface area contributed by atoms with E-state index in [9.17, 15) is 18.0 Å². The van der Waals surface area contributed by atoms with Gasteiger partial charge in [0.15, 0.2) is 0 Å². The average Bonchev–Trinajstić information content (AvgIpc) is 2.80. The van der Waals surface area contributed by atoms with Gasteiger partial charge in [-0.05, 0) is 53.2 Å². The molecule has 2 N–H and O–H groups in total. The molecule has 0 atom stereocenters. The fourth-order valence-electron chi connectivity index (χ4n) is 4.95. The number of nitrogens with one attached hydrogen (secondary N) is 2. The Kier molecular flexibility index (Phi) is 7.87. The van der Waals surface area contributed by atoms with E-state index in [1.807, 2.05) is 58.0 Å². The third-order valence-corrected chi connectivity index (χ3v) is 8.27. The van der Waals surface area contributed by atoms with Crippen LogP contribution in [0.1, 0.15) is 39.7 Å². The van der Waals surface area contributed by atoms with Crippen molar-refractivity contribution in [3.63, 3.8) is 0 Å². The Morgan fingerprint density at radius 2 is 1.57 bits per heavy atom. The molecule has 2 aromatic rings. The van der Waals surface area contributed by atoms with Crippen molar-refractivity contribution >= 4 is 27.5 Å². The number of hydrogen-bond acceptors (Lipinski definition) is 4. The molecule has 1 aliphatic heterocycles. The van der Waals surface area contributed by atoms with Crippen LogP contribution in [0, 0.1) is 10.8 Å². The summed E-state index contributed by atoms with van der Waals surface area (Å²) in [6, 6.07) is 15.8. The van der Waals surface area contributed by atoms with Gasteiger partial charge in [0, 0.05) is 31.2 Å². The zero-order chi connectivity index (χ0) is 25.9. The van der Waals surface area contributed by atoms with Crippen LogP contribution < -0.4 is 10.6 Å². The average molecular weight is 498 g/mol. The summed E-state index contributed by atoms with van der Waals surface area (Å²) >= 11 is 0. The van der Waals surface area contributed by atoms with Crippen LogP contribution in [-0.4, -0.2) is 43.7 Å². The van der Waals surface area contributed by atoms with Crippen molar-refractivity contribution < 1.29 is 18.0 Å². The number of nitrogens with zero attached hydrogens (tertiary/aromatic N) is 1. The zero-order valence-electron chi connectivity index (χ0n) is 20.9. The van der Waals surface area contributed by atoms with Crippen molar-refractivity contribution in [1.29, 1.82) is 0 Å². The molecule has 0 radical (unpaired) electrons. The summed E-state index contributed by atoms with van der Waals surface area (Å²) in [4.78, 5) is 24.5. The first-order valence-electron chi connectivity index (χ1n) is 11.7. The lowest BCUT2D eigenvalue weighted by Gasteiger charge is -2.52. The molecule has 2 amide bonds. The minimum atomic E-state index is -3.77. The Morgan fingerprint density at radius 3 is 2.11 bits per heavy atom. The maximum Gasteiger partial charge on any atom is 0.243 e. The summed E-state index contributed by atoms with van der Waals surface area (Å²) in [5.41, 5.74) is 0.636. The fraction of sp³-hybridized carbons (Fsp3) is 0.407. The highest BCUT2D eigenvalue weighted by Gasteiger charge is 2.50. The van der Waals surface area contributed by atoms with Crippen LogP contribution in [0.3, 0.4) is 0 Å². The predicted octanol–water partition coefficient (Wildman–Crippen LogP) is 3.99. The third-order valence-electron chi connectivity index (χ3n) is 6.46. The van der Waals surface area contributed by atoms with Crippen molar-refractivity contribution in [1.82, 2.24) is 9.62 Å². The molecular formula is C27H35N3O4S. The second-order valence-electron chi connectivity index (χ2n) is 10.5. The van der Waals surface area contributed by atoms with E-state index in [2.05, 4.69) is 17.2 Å². The number of carbonyl (C=O) groups is 2. The minimum absolute atomic E-state index is 0.128. The number of piperidine rings is 1. The van der Waals surface area contributed by atoms with Crippen molar-refractivity contribution in [2.24, 2.45) is 10.8 Å². The molecule has 7 nitrogen and oxygen atoms in total. The molecule has 2 aromatic carbocycles. The van der Waals surface area contributed by atoms with Gasteiger partial charge in [0.2, 0.25) is 21.8 Å². The van der Waals surface area contributed by atoms with Crippen LogP contribution in [-0.2, 0) is 26.0 Å². The molecule has 1 saturated heterocycles. The quantitative estimate of drug-likeness (QED) is 0.539. The van der Waals surface area contributed by atoms with Crippen LogP contribution in [0.2, 0.25) is 0 Å². The van der Waals surface area contributed by atoms with E-state index in [-0.39, 0.29) is 35.8 Å². The molecular weight excluding hydrogens is 462 g/mol. The topological polar surface area (TPSA) is 95.6 Å². The molecule has 0 unspecified atom stereocenters. The van der Waals surface area contributed by atoms with Gasteiger partial charge in [-0.15, -0.1) is 0 Å². The molecule has 0 bridgehead atoms. The molecule has 0 saturated carbocycles. The van der Waals surface area contributed by atoms with Gasteiger partial charge in [-0.2, -0.15) is 4.31 Å².